The van der Waals surface area contributed by atoms with Crippen LogP contribution < -0.4 is 0 Å². The molecular weight excluding hydrogens is 330 g/mol. The SMILES string of the molecule is CCc1nc2ccccc2c(C(=O)OCc2ccc(SC)cc2)c1C. The summed E-state index contributed by atoms with van der Waals surface area (Å²) < 4.78 is 5.60. The van der Waals surface area contributed by atoms with Crippen molar-refractivity contribution in [3.63, 3.8) is 0 Å². The van der Waals surface area contributed by atoms with Gasteiger partial charge < -0.3 is 4.74 Å². The second-order valence-corrected chi connectivity index (χ2v) is 6.73. The largest absolute Gasteiger partial charge is 0.457 e. The molecule has 128 valence electrons. The van der Waals surface area contributed by atoms with Crippen molar-refractivity contribution in [1.29, 1.82) is 0 Å². The van der Waals surface area contributed by atoms with Crippen molar-refractivity contribution >= 4 is 28.6 Å². The van der Waals surface area contributed by atoms with Crippen LogP contribution in [0, 0.1) is 6.92 Å². The van der Waals surface area contributed by atoms with Gasteiger partial charge in [-0.25, -0.2) is 4.79 Å². The zero-order chi connectivity index (χ0) is 17.8. The molecule has 4 heteroatoms. The summed E-state index contributed by atoms with van der Waals surface area (Å²) in [6.07, 6.45) is 2.82. The maximum absolute atomic E-state index is 12.8. The molecule has 0 spiro atoms. The third-order valence-corrected chi connectivity index (χ3v) is 5.05. The summed E-state index contributed by atoms with van der Waals surface area (Å²) in [6, 6.07) is 15.8. The molecule has 3 aromatic rings. The summed E-state index contributed by atoms with van der Waals surface area (Å²) >= 11 is 1.69. The molecule has 0 aliphatic rings. The summed E-state index contributed by atoms with van der Waals surface area (Å²) in [5.41, 5.74) is 4.29. The molecule has 2 aromatic carbocycles. The highest BCUT2D eigenvalue weighted by Crippen LogP contribution is 2.25. The summed E-state index contributed by atoms with van der Waals surface area (Å²) in [5, 5.41) is 0.847. The van der Waals surface area contributed by atoms with Crippen molar-refractivity contribution in [2.24, 2.45) is 0 Å². The quantitative estimate of drug-likeness (QED) is 0.469. The van der Waals surface area contributed by atoms with Gasteiger partial charge in [0.1, 0.15) is 6.61 Å². The van der Waals surface area contributed by atoms with E-state index in [4.69, 9.17) is 4.74 Å². The molecule has 0 saturated heterocycles. The Bertz CT molecular complexity index is 904. The highest BCUT2D eigenvalue weighted by atomic mass is 32.2. The third kappa shape index (κ3) is 3.69. The second kappa shape index (κ2) is 7.70. The number of hydrogen-bond donors (Lipinski definition) is 0. The summed E-state index contributed by atoms with van der Waals surface area (Å²) in [5.74, 6) is -0.292. The van der Waals surface area contributed by atoms with E-state index in [9.17, 15) is 4.79 Å². The standard InChI is InChI=1S/C21H21NO2S/c1-4-18-14(2)20(17-7-5-6-8-19(17)22-18)21(23)24-13-15-9-11-16(25-3)12-10-15/h5-12H,4,13H2,1-3H3. The van der Waals surface area contributed by atoms with E-state index in [1.54, 1.807) is 11.8 Å². The molecule has 1 heterocycles. The Hall–Kier alpha value is -2.33. The van der Waals surface area contributed by atoms with Gasteiger partial charge in [-0.05, 0) is 48.9 Å². The molecular formula is C21H21NO2S. The van der Waals surface area contributed by atoms with Crippen LogP contribution in [0.1, 0.15) is 34.1 Å². The molecule has 0 unspecified atom stereocenters. The number of para-hydroxylation sites is 1. The molecule has 0 N–H and O–H groups in total. The zero-order valence-electron chi connectivity index (χ0n) is 14.7. The smallest absolute Gasteiger partial charge is 0.339 e. The van der Waals surface area contributed by atoms with Crippen LogP contribution in [-0.2, 0) is 17.8 Å². The van der Waals surface area contributed by atoms with E-state index in [0.717, 1.165) is 34.1 Å². The number of hydrogen-bond acceptors (Lipinski definition) is 4. The first-order chi connectivity index (χ1) is 12.1. The van der Waals surface area contributed by atoms with Gasteiger partial charge >= 0.3 is 5.97 Å². The number of thioether (sulfide) groups is 1. The average Bonchev–Trinajstić information content (AvgIpc) is 2.66. The lowest BCUT2D eigenvalue weighted by molar-refractivity contribution is 0.0474. The van der Waals surface area contributed by atoms with Crippen molar-refractivity contribution in [1.82, 2.24) is 4.98 Å². The van der Waals surface area contributed by atoms with E-state index in [0.29, 0.717) is 5.56 Å². The molecule has 1 aromatic heterocycles. The number of aromatic nitrogens is 1. The van der Waals surface area contributed by atoms with Crippen molar-refractivity contribution in [2.45, 2.75) is 31.8 Å². The molecule has 0 saturated carbocycles. The predicted molar refractivity (Wildman–Crippen MR) is 103 cm³/mol. The Labute approximate surface area is 152 Å². The summed E-state index contributed by atoms with van der Waals surface area (Å²) in [4.78, 5) is 18.6. The Morgan fingerprint density at radius 1 is 1.12 bits per heavy atom. The van der Waals surface area contributed by atoms with Gasteiger partial charge in [-0.3, -0.25) is 4.98 Å². The number of fused-ring (bicyclic) bond motifs is 1. The summed E-state index contributed by atoms with van der Waals surface area (Å²) in [7, 11) is 0. The van der Waals surface area contributed by atoms with Crippen molar-refractivity contribution in [3.05, 3.63) is 70.9 Å². The number of esters is 1. The van der Waals surface area contributed by atoms with Crippen LogP contribution in [0.4, 0.5) is 0 Å². The van der Waals surface area contributed by atoms with Gasteiger partial charge in [0.05, 0.1) is 11.1 Å². The molecule has 3 nitrogen and oxygen atoms in total. The molecule has 3 rings (SSSR count). The highest BCUT2D eigenvalue weighted by Gasteiger charge is 2.18. The number of rotatable bonds is 5. The van der Waals surface area contributed by atoms with Crippen molar-refractivity contribution in [3.8, 4) is 0 Å². The van der Waals surface area contributed by atoms with E-state index in [1.807, 2.05) is 68.6 Å². The molecule has 0 amide bonds. The van der Waals surface area contributed by atoms with E-state index in [1.165, 1.54) is 4.90 Å². The first-order valence-electron chi connectivity index (χ1n) is 8.32. The third-order valence-electron chi connectivity index (χ3n) is 4.30. The minimum absolute atomic E-state index is 0.269. The zero-order valence-corrected chi connectivity index (χ0v) is 15.5. The number of nitrogens with zero attached hydrogens (tertiary/aromatic N) is 1. The predicted octanol–water partition coefficient (Wildman–Crippen LogP) is 5.18. The topological polar surface area (TPSA) is 39.2 Å². The van der Waals surface area contributed by atoms with Gasteiger partial charge in [-0.1, -0.05) is 37.3 Å². The van der Waals surface area contributed by atoms with Crippen molar-refractivity contribution < 1.29 is 9.53 Å². The van der Waals surface area contributed by atoms with Gasteiger partial charge in [0.25, 0.3) is 0 Å². The normalized spacial score (nSPS) is 10.8. The number of aryl methyl sites for hydroxylation is 1. The Morgan fingerprint density at radius 3 is 2.52 bits per heavy atom. The minimum Gasteiger partial charge on any atom is -0.457 e. The lowest BCUT2D eigenvalue weighted by atomic mass is 10.0. The van der Waals surface area contributed by atoms with Gasteiger partial charge in [-0.2, -0.15) is 0 Å². The second-order valence-electron chi connectivity index (χ2n) is 5.85. The van der Waals surface area contributed by atoms with Gasteiger partial charge in [0.15, 0.2) is 0 Å². The fraction of sp³-hybridized carbons (Fsp3) is 0.238. The van der Waals surface area contributed by atoms with E-state index in [2.05, 4.69) is 4.98 Å². The molecule has 25 heavy (non-hydrogen) atoms. The summed E-state index contributed by atoms with van der Waals surface area (Å²) in [6.45, 7) is 4.26. The van der Waals surface area contributed by atoms with Crippen LogP contribution in [0.15, 0.2) is 53.4 Å². The highest BCUT2D eigenvalue weighted by molar-refractivity contribution is 7.98. The van der Waals surface area contributed by atoms with Gasteiger partial charge in [0.2, 0.25) is 0 Å². The first-order valence-corrected chi connectivity index (χ1v) is 9.54. The van der Waals surface area contributed by atoms with Crippen LogP contribution in [0.25, 0.3) is 10.9 Å². The number of carbonyl (C=O) groups excluding carboxylic acids is 1. The van der Waals surface area contributed by atoms with Crippen LogP contribution >= 0.6 is 11.8 Å². The van der Waals surface area contributed by atoms with E-state index < -0.39 is 0 Å². The first kappa shape index (κ1) is 17.5. The molecule has 0 aliphatic carbocycles. The van der Waals surface area contributed by atoms with E-state index >= 15 is 0 Å². The maximum atomic E-state index is 12.8. The molecule has 0 bridgehead atoms. The molecule has 0 aliphatic heterocycles. The lowest BCUT2D eigenvalue weighted by Crippen LogP contribution is -2.11. The average molecular weight is 351 g/mol. The number of carbonyl (C=O) groups is 1. The Morgan fingerprint density at radius 2 is 1.84 bits per heavy atom. The Kier molecular flexibility index (Phi) is 5.39. The molecule has 0 radical (unpaired) electrons. The minimum atomic E-state index is -0.292. The van der Waals surface area contributed by atoms with Crippen LogP contribution in [0.2, 0.25) is 0 Å². The van der Waals surface area contributed by atoms with Crippen LogP contribution in [0.5, 0.6) is 0 Å². The number of benzene rings is 2. The lowest BCUT2D eigenvalue weighted by Gasteiger charge is -2.13. The van der Waals surface area contributed by atoms with Crippen LogP contribution in [-0.4, -0.2) is 17.2 Å². The van der Waals surface area contributed by atoms with Gasteiger partial charge in [0, 0.05) is 16.0 Å². The number of pyridine rings is 1. The van der Waals surface area contributed by atoms with Crippen molar-refractivity contribution in [2.75, 3.05) is 6.26 Å². The fourth-order valence-electron chi connectivity index (χ4n) is 2.91. The molecule has 0 fully saturated rings. The number of ether oxygens (including phenoxy) is 1. The van der Waals surface area contributed by atoms with Crippen LogP contribution in [0.3, 0.4) is 0 Å². The fourth-order valence-corrected chi connectivity index (χ4v) is 3.32. The monoisotopic (exact) mass is 351 g/mol. The van der Waals surface area contributed by atoms with Gasteiger partial charge in [-0.15, -0.1) is 11.8 Å². The molecule has 0 atom stereocenters. The maximum Gasteiger partial charge on any atom is 0.339 e. The Balaban J connectivity index is 1.89. The van der Waals surface area contributed by atoms with E-state index in [-0.39, 0.29) is 12.6 Å².